The van der Waals surface area contributed by atoms with Crippen LogP contribution < -0.4 is 0 Å². The lowest BCUT2D eigenvalue weighted by Gasteiger charge is -2.32. The second-order valence-electron chi connectivity index (χ2n) is 7.66. The van der Waals surface area contributed by atoms with Gasteiger partial charge in [-0.2, -0.15) is 4.31 Å². The number of likely N-dealkylation sites (tertiary alicyclic amines) is 1. The largest absolute Gasteiger partial charge is 0.343 e. The van der Waals surface area contributed by atoms with Crippen LogP contribution in [0.1, 0.15) is 50.5 Å². The summed E-state index contributed by atoms with van der Waals surface area (Å²) in [7, 11) is -3.43. The van der Waals surface area contributed by atoms with E-state index in [1.54, 1.807) is 16.4 Å². The number of hydrogen-bond acceptors (Lipinski definition) is 3. The van der Waals surface area contributed by atoms with Crippen molar-refractivity contribution in [3.63, 3.8) is 0 Å². The SMILES string of the molecule is Cc1ccc(S(=O)(=O)N2CCCC(CCC(=O)N3CCCCC3)C2)cc1. The molecule has 144 valence electrons. The van der Waals surface area contributed by atoms with Crippen LogP contribution in [0.25, 0.3) is 0 Å². The first-order chi connectivity index (χ1) is 12.5. The van der Waals surface area contributed by atoms with Gasteiger partial charge in [0, 0.05) is 32.6 Å². The van der Waals surface area contributed by atoms with E-state index in [4.69, 9.17) is 0 Å². The van der Waals surface area contributed by atoms with E-state index < -0.39 is 10.0 Å². The highest BCUT2D eigenvalue weighted by Crippen LogP contribution is 2.27. The van der Waals surface area contributed by atoms with Crippen molar-refractivity contribution >= 4 is 15.9 Å². The summed E-state index contributed by atoms with van der Waals surface area (Å²) in [4.78, 5) is 14.7. The molecule has 26 heavy (non-hydrogen) atoms. The lowest BCUT2D eigenvalue weighted by atomic mass is 9.94. The molecule has 1 amide bonds. The molecule has 2 fully saturated rings. The topological polar surface area (TPSA) is 57.7 Å². The van der Waals surface area contributed by atoms with E-state index in [0.29, 0.717) is 24.4 Å². The average Bonchev–Trinajstić information content (AvgIpc) is 2.67. The van der Waals surface area contributed by atoms with Gasteiger partial charge in [0.25, 0.3) is 0 Å². The van der Waals surface area contributed by atoms with Crippen molar-refractivity contribution < 1.29 is 13.2 Å². The van der Waals surface area contributed by atoms with Crippen LogP contribution in [-0.4, -0.2) is 49.7 Å². The summed E-state index contributed by atoms with van der Waals surface area (Å²) in [6, 6.07) is 7.06. The predicted molar refractivity (Wildman–Crippen MR) is 102 cm³/mol. The molecule has 0 radical (unpaired) electrons. The van der Waals surface area contributed by atoms with Crippen molar-refractivity contribution in [1.29, 1.82) is 0 Å². The highest BCUT2D eigenvalue weighted by atomic mass is 32.2. The van der Waals surface area contributed by atoms with Crippen molar-refractivity contribution in [3.8, 4) is 0 Å². The molecule has 0 aliphatic carbocycles. The van der Waals surface area contributed by atoms with Crippen LogP contribution in [0, 0.1) is 12.8 Å². The van der Waals surface area contributed by atoms with Crippen LogP contribution >= 0.6 is 0 Å². The highest BCUT2D eigenvalue weighted by Gasteiger charge is 2.30. The molecule has 1 aromatic carbocycles. The maximum absolute atomic E-state index is 12.9. The molecular formula is C20H30N2O3S. The summed E-state index contributed by atoms with van der Waals surface area (Å²) in [5, 5.41) is 0. The van der Waals surface area contributed by atoms with Gasteiger partial charge in [-0.3, -0.25) is 4.79 Å². The van der Waals surface area contributed by atoms with Gasteiger partial charge in [-0.25, -0.2) is 8.42 Å². The number of aryl methyl sites for hydroxylation is 1. The number of hydrogen-bond donors (Lipinski definition) is 0. The Labute approximate surface area is 157 Å². The molecule has 3 rings (SSSR count). The number of carbonyl (C=O) groups is 1. The summed E-state index contributed by atoms with van der Waals surface area (Å²) in [5.74, 6) is 0.515. The molecule has 0 N–H and O–H groups in total. The Bertz CT molecular complexity index is 709. The van der Waals surface area contributed by atoms with Crippen molar-refractivity contribution in [2.24, 2.45) is 5.92 Å². The fourth-order valence-corrected chi connectivity index (χ4v) is 5.52. The molecule has 1 atom stereocenters. The van der Waals surface area contributed by atoms with Crippen molar-refractivity contribution in [2.45, 2.75) is 56.8 Å². The lowest BCUT2D eigenvalue weighted by molar-refractivity contribution is -0.132. The van der Waals surface area contributed by atoms with Crippen LogP contribution in [0.2, 0.25) is 0 Å². The van der Waals surface area contributed by atoms with Gasteiger partial charge in [-0.15, -0.1) is 0 Å². The Balaban J connectivity index is 1.56. The van der Waals surface area contributed by atoms with E-state index in [0.717, 1.165) is 50.8 Å². The standard InChI is InChI=1S/C20H30N2O3S/c1-17-7-10-19(11-8-17)26(24,25)22-15-5-6-18(16-22)9-12-20(23)21-13-3-2-4-14-21/h7-8,10-11,18H,2-6,9,12-16H2,1H3. The molecule has 0 aromatic heterocycles. The van der Waals surface area contributed by atoms with E-state index in [-0.39, 0.29) is 11.8 Å². The molecule has 6 heteroatoms. The number of piperidine rings is 2. The van der Waals surface area contributed by atoms with Crippen molar-refractivity contribution in [1.82, 2.24) is 9.21 Å². The van der Waals surface area contributed by atoms with Crippen LogP contribution in [0.4, 0.5) is 0 Å². The number of carbonyl (C=O) groups excluding carboxylic acids is 1. The minimum absolute atomic E-state index is 0.239. The molecule has 2 aliphatic heterocycles. The number of nitrogens with zero attached hydrogens (tertiary/aromatic N) is 2. The summed E-state index contributed by atoms with van der Waals surface area (Å²) in [6.45, 7) is 4.83. The Kier molecular flexibility index (Phi) is 6.35. The molecule has 5 nitrogen and oxygen atoms in total. The van der Waals surface area contributed by atoms with Gasteiger partial charge in [0.15, 0.2) is 0 Å². The van der Waals surface area contributed by atoms with Crippen LogP contribution in [0.3, 0.4) is 0 Å². The first-order valence-corrected chi connectivity index (χ1v) is 11.3. The molecule has 2 heterocycles. The molecule has 1 aromatic rings. The predicted octanol–water partition coefficient (Wildman–Crippen LogP) is 3.19. The van der Waals surface area contributed by atoms with Crippen LogP contribution in [-0.2, 0) is 14.8 Å². The molecule has 2 aliphatic rings. The normalized spacial score (nSPS) is 22.3. The minimum Gasteiger partial charge on any atom is -0.343 e. The van der Waals surface area contributed by atoms with Gasteiger partial charge in [0.05, 0.1) is 4.90 Å². The maximum atomic E-state index is 12.9. The second kappa shape index (κ2) is 8.53. The number of amides is 1. The summed E-state index contributed by atoms with van der Waals surface area (Å²) in [5.41, 5.74) is 1.05. The van der Waals surface area contributed by atoms with E-state index in [9.17, 15) is 13.2 Å². The summed E-state index contributed by atoms with van der Waals surface area (Å²) in [6.07, 6.45) is 6.65. The number of sulfonamides is 1. The lowest BCUT2D eigenvalue weighted by Crippen LogP contribution is -2.40. The molecule has 0 bridgehead atoms. The van der Waals surface area contributed by atoms with Gasteiger partial charge >= 0.3 is 0 Å². The number of rotatable bonds is 5. The fourth-order valence-electron chi connectivity index (χ4n) is 3.97. The van der Waals surface area contributed by atoms with E-state index in [1.807, 2.05) is 24.0 Å². The molecular weight excluding hydrogens is 348 g/mol. The third-order valence-electron chi connectivity index (χ3n) is 5.62. The van der Waals surface area contributed by atoms with Crippen molar-refractivity contribution in [3.05, 3.63) is 29.8 Å². The maximum Gasteiger partial charge on any atom is 0.243 e. The van der Waals surface area contributed by atoms with Gasteiger partial charge < -0.3 is 4.90 Å². The van der Waals surface area contributed by atoms with Gasteiger partial charge in [-0.1, -0.05) is 17.7 Å². The Morgan fingerprint density at radius 2 is 1.73 bits per heavy atom. The smallest absolute Gasteiger partial charge is 0.243 e. The van der Waals surface area contributed by atoms with Gasteiger partial charge in [-0.05, 0) is 63.5 Å². The minimum atomic E-state index is -3.43. The fraction of sp³-hybridized carbons (Fsp3) is 0.650. The first-order valence-electron chi connectivity index (χ1n) is 9.81. The molecule has 0 spiro atoms. The average molecular weight is 379 g/mol. The quantitative estimate of drug-likeness (QED) is 0.791. The zero-order valence-corrected chi connectivity index (χ0v) is 16.5. The Hall–Kier alpha value is -1.40. The monoisotopic (exact) mass is 378 g/mol. The molecule has 0 saturated carbocycles. The first kappa shape index (κ1) is 19.4. The Morgan fingerprint density at radius 1 is 1.04 bits per heavy atom. The zero-order chi connectivity index (χ0) is 18.6. The third-order valence-corrected chi connectivity index (χ3v) is 7.50. The van der Waals surface area contributed by atoms with Gasteiger partial charge in [0.2, 0.25) is 15.9 Å². The van der Waals surface area contributed by atoms with Gasteiger partial charge in [0.1, 0.15) is 0 Å². The van der Waals surface area contributed by atoms with Crippen LogP contribution in [0.5, 0.6) is 0 Å². The highest BCUT2D eigenvalue weighted by molar-refractivity contribution is 7.89. The number of benzene rings is 1. The Morgan fingerprint density at radius 3 is 2.42 bits per heavy atom. The molecule has 1 unspecified atom stereocenters. The second-order valence-corrected chi connectivity index (χ2v) is 9.60. The van der Waals surface area contributed by atoms with E-state index in [2.05, 4.69) is 0 Å². The summed E-state index contributed by atoms with van der Waals surface area (Å²) < 4.78 is 27.4. The third kappa shape index (κ3) is 4.65. The van der Waals surface area contributed by atoms with E-state index >= 15 is 0 Å². The summed E-state index contributed by atoms with van der Waals surface area (Å²) >= 11 is 0. The molecule has 2 saturated heterocycles. The van der Waals surface area contributed by atoms with Crippen LogP contribution in [0.15, 0.2) is 29.2 Å². The van der Waals surface area contributed by atoms with E-state index in [1.165, 1.54) is 6.42 Å². The zero-order valence-electron chi connectivity index (χ0n) is 15.7. The van der Waals surface area contributed by atoms with Crippen molar-refractivity contribution in [2.75, 3.05) is 26.2 Å².